The Hall–Kier alpha value is -1.61. The first-order chi connectivity index (χ1) is 8.16. The molecule has 0 fully saturated rings. The van der Waals surface area contributed by atoms with Gasteiger partial charge in [0, 0.05) is 18.3 Å². The van der Waals surface area contributed by atoms with E-state index in [4.69, 9.17) is 0 Å². The third-order valence-corrected chi connectivity index (χ3v) is 2.77. The summed E-state index contributed by atoms with van der Waals surface area (Å²) in [6, 6.07) is 10.3. The molecular weight excluding hydrogens is 210 g/mol. The SMILES string of the molecule is Cc1cn(CCN(C)C)nc1-c1ccccc1. The lowest BCUT2D eigenvalue weighted by molar-refractivity contribution is 0.373. The van der Waals surface area contributed by atoms with Gasteiger partial charge in [-0.15, -0.1) is 0 Å². The maximum atomic E-state index is 4.64. The molecule has 0 aliphatic heterocycles. The molecule has 1 aromatic heterocycles. The molecule has 0 saturated heterocycles. The van der Waals surface area contributed by atoms with Crippen LogP contribution in [0.15, 0.2) is 36.5 Å². The van der Waals surface area contributed by atoms with Crippen LogP contribution in [-0.2, 0) is 6.54 Å². The van der Waals surface area contributed by atoms with Crippen molar-refractivity contribution in [3.05, 3.63) is 42.1 Å². The molecule has 0 aliphatic rings. The Morgan fingerprint density at radius 2 is 1.88 bits per heavy atom. The lowest BCUT2D eigenvalue weighted by Crippen LogP contribution is -2.18. The van der Waals surface area contributed by atoms with E-state index in [1.54, 1.807) is 0 Å². The summed E-state index contributed by atoms with van der Waals surface area (Å²) < 4.78 is 2.03. The zero-order valence-corrected chi connectivity index (χ0v) is 10.7. The summed E-state index contributed by atoms with van der Waals surface area (Å²) in [5, 5.41) is 4.64. The maximum Gasteiger partial charge on any atom is 0.0952 e. The smallest absolute Gasteiger partial charge is 0.0952 e. The van der Waals surface area contributed by atoms with Crippen LogP contribution in [0.2, 0.25) is 0 Å². The zero-order chi connectivity index (χ0) is 12.3. The number of hydrogen-bond donors (Lipinski definition) is 0. The van der Waals surface area contributed by atoms with E-state index >= 15 is 0 Å². The fourth-order valence-corrected chi connectivity index (χ4v) is 1.82. The third kappa shape index (κ3) is 2.94. The summed E-state index contributed by atoms with van der Waals surface area (Å²) in [6.45, 7) is 4.05. The Morgan fingerprint density at radius 1 is 1.18 bits per heavy atom. The topological polar surface area (TPSA) is 21.1 Å². The van der Waals surface area contributed by atoms with E-state index in [0.29, 0.717) is 0 Å². The monoisotopic (exact) mass is 229 g/mol. The highest BCUT2D eigenvalue weighted by molar-refractivity contribution is 5.61. The third-order valence-electron chi connectivity index (χ3n) is 2.77. The molecule has 0 unspecified atom stereocenters. The van der Waals surface area contributed by atoms with Crippen LogP contribution in [0.25, 0.3) is 11.3 Å². The maximum absolute atomic E-state index is 4.64. The number of rotatable bonds is 4. The van der Waals surface area contributed by atoms with Crippen LogP contribution in [0.1, 0.15) is 5.56 Å². The molecule has 0 saturated carbocycles. The molecule has 90 valence electrons. The molecule has 1 aromatic carbocycles. The number of hydrogen-bond acceptors (Lipinski definition) is 2. The van der Waals surface area contributed by atoms with Gasteiger partial charge in [0.05, 0.1) is 12.2 Å². The minimum atomic E-state index is 0.931. The van der Waals surface area contributed by atoms with Crippen molar-refractivity contribution in [2.45, 2.75) is 13.5 Å². The highest BCUT2D eigenvalue weighted by Gasteiger charge is 2.06. The minimum Gasteiger partial charge on any atom is -0.308 e. The Kier molecular flexibility index (Phi) is 3.59. The predicted octanol–water partition coefficient (Wildman–Crippen LogP) is 2.42. The van der Waals surface area contributed by atoms with Crippen LogP contribution in [0.4, 0.5) is 0 Å². The van der Waals surface area contributed by atoms with Gasteiger partial charge in [-0.05, 0) is 26.6 Å². The van der Waals surface area contributed by atoms with Crippen molar-refractivity contribution in [1.82, 2.24) is 14.7 Å². The van der Waals surface area contributed by atoms with Gasteiger partial charge in [-0.1, -0.05) is 30.3 Å². The van der Waals surface area contributed by atoms with Gasteiger partial charge in [0.1, 0.15) is 0 Å². The minimum absolute atomic E-state index is 0.931. The van der Waals surface area contributed by atoms with Crippen LogP contribution >= 0.6 is 0 Å². The molecule has 0 spiro atoms. The van der Waals surface area contributed by atoms with Crippen molar-refractivity contribution in [1.29, 1.82) is 0 Å². The molecule has 2 aromatic rings. The Labute approximate surface area is 103 Å². The number of likely N-dealkylation sites (N-methyl/N-ethyl adjacent to an activating group) is 1. The Bertz CT molecular complexity index is 471. The highest BCUT2D eigenvalue weighted by Crippen LogP contribution is 2.20. The summed E-state index contributed by atoms with van der Waals surface area (Å²) in [6.07, 6.45) is 2.12. The van der Waals surface area contributed by atoms with Crippen molar-refractivity contribution in [2.24, 2.45) is 0 Å². The van der Waals surface area contributed by atoms with Gasteiger partial charge >= 0.3 is 0 Å². The first-order valence-electron chi connectivity index (χ1n) is 5.91. The summed E-state index contributed by atoms with van der Waals surface area (Å²) in [5.74, 6) is 0. The molecular formula is C14H19N3. The largest absolute Gasteiger partial charge is 0.308 e. The average Bonchev–Trinajstić information content (AvgIpc) is 2.69. The summed E-state index contributed by atoms with van der Waals surface area (Å²) in [7, 11) is 4.16. The van der Waals surface area contributed by atoms with E-state index in [1.165, 1.54) is 11.1 Å². The fourth-order valence-electron chi connectivity index (χ4n) is 1.82. The van der Waals surface area contributed by atoms with Crippen LogP contribution < -0.4 is 0 Å². The average molecular weight is 229 g/mol. The van der Waals surface area contributed by atoms with Gasteiger partial charge < -0.3 is 4.90 Å². The normalized spacial score (nSPS) is 11.1. The molecule has 3 heteroatoms. The zero-order valence-electron chi connectivity index (χ0n) is 10.7. The number of benzene rings is 1. The van der Waals surface area contributed by atoms with E-state index in [-0.39, 0.29) is 0 Å². The number of aryl methyl sites for hydroxylation is 1. The molecule has 0 aliphatic carbocycles. The Balaban J connectivity index is 2.20. The van der Waals surface area contributed by atoms with Crippen molar-refractivity contribution in [2.75, 3.05) is 20.6 Å². The number of aromatic nitrogens is 2. The second kappa shape index (κ2) is 5.15. The highest BCUT2D eigenvalue weighted by atomic mass is 15.3. The Morgan fingerprint density at radius 3 is 2.53 bits per heavy atom. The van der Waals surface area contributed by atoms with Crippen molar-refractivity contribution in [3.8, 4) is 11.3 Å². The fraction of sp³-hybridized carbons (Fsp3) is 0.357. The van der Waals surface area contributed by atoms with Crippen molar-refractivity contribution in [3.63, 3.8) is 0 Å². The second-order valence-electron chi connectivity index (χ2n) is 4.59. The molecule has 2 rings (SSSR count). The van der Waals surface area contributed by atoms with E-state index in [1.807, 2.05) is 22.9 Å². The van der Waals surface area contributed by atoms with Crippen LogP contribution in [0.5, 0.6) is 0 Å². The van der Waals surface area contributed by atoms with Crippen molar-refractivity contribution >= 4 is 0 Å². The van der Waals surface area contributed by atoms with Crippen molar-refractivity contribution < 1.29 is 0 Å². The van der Waals surface area contributed by atoms with E-state index in [9.17, 15) is 0 Å². The quantitative estimate of drug-likeness (QED) is 0.803. The summed E-state index contributed by atoms with van der Waals surface area (Å²) in [4.78, 5) is 2.17. The van der Waals surface area contributed by atoms with Gasteiger partial charge in [0.25, 0.3) is 0 Å². The van der Waals surface area contributed by atoms with E-state index < -0.39 is 0 Å². The van der Waals surface area contributed by atoms with Gasteiger partial charge in [0.15, 0.2) is 0 Å². The summed E-state index contributed by atoms with van der Waals surface area (Å²) >= 11 is 0. The lowest BCUT2D eigenvalue weighted by atomic mass is 10.1. The van der Waals surface area contributed by atoms with Crippen LogP contribution in [0.3, 0.4) is 0 Å². The number of nitrogens with zero attached hydrogens (tertiary/aromatic N) is 3. The molecule has 0 radical (unpaired) electrons. The molecule has 0 atom stereocenters. The molecule has 0 amide bonds. The molecule has 17 heavy (non-hydrogen) atoms. The molecule has 1 heterocycles. The van der Waals surface area contributed by atoms with Gasteiger partial charge in [0.2, 0.25) is 0 Å². The van der Waals surface area contributed by atoms with Crippen LogP contribution in [0, 0.1) is 6.92 Å². The molecule has 0 N–H and O–H groups in total. The first-order valence-corrected chi connectivity index (χ1v) is 5.91. The van der Waals surface area contributed by atoms with Gasteiger partial charge in [-0.3, -0.25) is 4.68 Å². The summed E-state index contributed by atoms with van der Waals surface area (Å²) in [5.41, 5.74) is 3.51. The predicted molar refractivity (Wildman–Crippen MR) is 71.0 cm³/mol. The lowest BCUT2D eigenvalue weighted by Gasteiger charge is -2.08. The van der Waals surface area contributed by atoms with Crippen LogP contribution in [-0.4, -0.2) is 35.3 Å². The van der Waals surface area contributed by atoms with E-state index in [2.05, 4.69) is 49.3 Å². The van der Waals surface area contributed by atoms with E-state index in [0.717, 1.165) is 18.8 Å². The standard InChI is InChI=1S/C14H19N3/c1-12-11-17(10-9-16(2)3)15-14(12)13-7-5-4-6-8-13/h4-8,11H,9-10H2,1-3H3. The molecule has 3 nitrogen and oxygen atoms in total. The van der Waals surface area contributed by atoms with Gasteiger partial charge in [-0.25, -0.2) is 0 Å². The second-order valence-corrected chi connectivity index (χ2v) is 4.59. The first kappa shape index (κ1) is 11.9. The molecule has 0 bridgehead atoms. The van der Waals surface area contributed by atoms with Gasteiger partial charge in [-0.2, -0.15) is 5.10 Å².